The lowest BCUT2D eigenvalue weighted by Gasteiger charge is -2.43. The number of hydrogen-bond donors (Lipinski definition) is 2. The van der Waals surface area contributed by atoms with Gasteiger partial charge in [0.1, 0.15) is 0 Å². The second-order valence-electron chi connectivity index (χ2n) is 4.33. The maximum Gasteiger partial charge on any atom is 0.305 e. The van der Waals surface area contributed by atoms with Crippen molar-refractivity contribution in [3.8, 4) is 0 Å². The monoisotopic (exact) mass is 199 g/mol. The first kappa shape index (κ1) is 11.5. The Morgan fingerprint density at radius 3 is 2.79 bits per heavy atom. The number of carboxylic acid groups (broad SMARTS) is 1. The molecule has 3 nitrogen and oxygen atoms in total. The second-order valence-corrected chi connectivity index (χ2v) is 4.33. The number of nitrogens with one attached hydrogen (secondary N) is 1. The third-order valence-corrected chi connectivity index (χ3v) is 3.66. The number of carbonyl (C=O) groups is 1. The molecule has 2 N–H and O–H groups in total. The summed E-state index contributed by atoms with van der Waals surface area (Å²) in [5.41, 5.74) is -0.140. The lowest BCUT2D eigenvalue weighted by atomic mass is 9.70. The van der Waals surface area contributed by atoms with E-state index in [1.54, 1.807) is 0 Å². The van der Waals surface area contributed by atoms with Gasteiger partial charge in [-0.25, -0.2) is 0 Å². The van der Waals surface area contributed by atoms with Crippen LogP contribution in [0.15, 0.2) is 0 Å². The van der Waals surface area contributed by atoms with Crippen molar-refractivity contribution >= 4 is 5.97 Å². The first-order chi connectivity index (χ1) is 6.64. The minimum atomic E-state index is -0.681. The van der Waals surface area contributed by atoms with Gasteiger partial charge in [0.25, 0.3) is 0 Å². The van der Waals surface area contributed by atoms with E-state index in [9.17, 15) is 4.79 Å². The Labute approximate surface area is 85.9 Å². The average molecular weight is 199 g/mol. The van der Waals surface area contributed by atoms with Crippen LogP contribution in [0.3, 0.4) is 0 Å². The second kappa shape index (κ2) is 4.78. The Morgan fingerprint density at radius 1 is 1.57 bits per heavy atom. The Balaban J connectivity index is 2.75. The van der Waals surface area contributed by atoms with Crippen molar-refractivity contribution in [3.63, 3.8) is 0 Å². The lowest BCUT2D eigenvalue weighted by Crippen LogP contribution is -2.52. The van der Waals surface area contributed by atoms with E-state index < -0.39 is 5.97 Å². The van der Waals surface area contributed by atoms with Crippen LogP contribution in [-0.4, -0.2) is 23.7 Å². The van der Waals surface area contributed by atoms with Crippen molar-refractivity contribution in [1.29, 1.82) is 0 Å². The van der Waals surface area contributed by atoms with Crippen LogP contribution >= 0.6 is 0 Å². The molecular formula is C11H21NO2. The molecule has 1 fully saturated rings. The van der Waals surface area contributed by atoms with Gasteiger partial charge < -0.3 is 10.4 Å². The molecule has 3 heteroatoms. The standard InChI is InChI=1S/C11H21NO2/c1-3-9-6-4-5-7-11(9,12-2)8-10(13)14/h9,12H,3-8H2,1-2H3,(H,13,14). The highest BCUT2D eigenvalue weighted by Crippen LogP contribution is 2.37. The summed E-state index contributed by atoms with van der Waals surface area (Å²) in [4.78, 5) is 10.9. The fraction of sp³-hybridized carbons (Fsp3) is 0.909. The van der Waals surface area contributed by atoms with E-state index in [1.165, 1.54) is 12.8 Å². The number of carboxylic acids is 1. The summed E-state index contributed by atoms with van der Waals surface area (Å²) in [6.07, 6.45) is 5.93. The van der Waals surface area contributed by atoms with E-state index in [2.05, 4.69) is 12.2 Å². The van der Waals surface area contributed by atoms with Gasteiger partial charge in [0.05, 0.1) is 6.42 Å². The van der Waals surface area contributed by atoms with Crippen LogP contribution in [-0.2, 0) is 4.79 Å². The summed E-state index contributed by atoms with van der Waals surface area (Å²) >= 11 is 0. The highest BCUT2D eigenvalue weighted by molar-refractivity contribution is 5.68. The molecule has 1 saturated carbocycles. The molecule has 0 heterocycles. The van der Waals surface area contributed by atoms with Gasteiger partial charge in [-0.1, -0.05) is 26.2 Å². The average Bonchev–Trinajstić information content (AvgIpc) is 2.17. The molecule has 1 rings (SSSR count). The minimum absolute atomic E-state index is 0.140. The molecule has 0 radical (unpaired) electrons. The van der Waals surface area contributed by atoms with E-state index in [0.29, 0.717) is 5.92 Å². The van der Waals surface area contributed by atoms with Gasteiger partial charge in [-0.3, -0.25) is 4.79 Å². The highest BCUT2D eigenvalue weighted by atomic mass is 16.4. The molecule has 0 bridgehead atoms. The molecule has 2 atom stereocenters. The van der Waals surface area contributed by atoms with Crippen LogP contribution in [0.2, 0.25) is 0 Å². The Hall–Kier alpha value is -0.570. The zero-order valence-corrected chi connectivity index (χ0v) is 9.18. The van der Waals surface area contributed by atoms with Gasteiger partial charge in [-0.2, -0.15) is 0 Å². The summed E-state index contributed by atoms with van der Waals surface area (Å²) < 4.78 is 0. The van der Waals surface area contributed by atoms with Crippen LogP contribution in [0.5, 0.6) is 0 Å². The van der Waals surface area contributed by atoms with Gasteiger partial charge in [0.2, 0.25) is 0 Å². The van der Waals surface area contributed by atoms with Gasteiger partial charge in [0, 0.05) is 5.54 Å². The number of aliphatic carboxylic acids is 1. The van der Waals surface area contributed by atoms with E-state index in [0.717, 1.165) is 19.3 Å². The zero-order chi connectivity index (χ0) is 10.6. The van der Waals surface area contributed by atoms with Crippen molar-refractivity contribution in [2.75, 3.05) is 7.05 Å². The molecule has 14 heavy (non-hydrogen) atoms. The van der Waals surface area contributed by atoms with Gasteiger partial charge in [0.15, 0.2) is 0 Å². The Bertz CT molecular complexity index is 205. The molecular weight excluding hydrogens is 178 g/mol. The quantitative estimate of drug-likeness (QED) is 0.728. The molecule has 0 saturated heterocycles. The normalized spacial score (nSPS) is 32.9. The van der Waals surface area contributed by atoms with E-state index in [1.807, 2.05) is 7.05 Å². The highest BCUT2D eigenvalue weighted by Gasteiger charge is 2.39. The third kappa shape index (κ3) is 2.27. The maximum atomic E-state index is 10.9. The number of hydrogen-bond acceptors (Lipinski definition) is 2. The van der Waals surface area contributed by atoms with Gasteiger partial charge in [-0.05, 0) is 25.8 Å². The molecule has 0 aromatic heterocycles. The van der Waals surface area contributed by atoms with Crippen LogP contribution < -0.4 is 5.32 Å². The van der Waals surface area contributed by atoms with Crippen molar-refractivity contribution in [2.24, 2.45) is 5.92 Å². The molecule has 1 aliphatic rings. The smallest absolute Gasteiger partial charge is 0.305 e. The van der Waals surface area contributed by atoms with E-state index >= 15 is 0 Å². The molecule has 0 aromatic carbocycles. The van der Waals surface area contributed by atoms with Crippen LogP contribution in [0.4, 0.5) is 0 Å². The molecule has 2 unspecified atom stereocenters. The predicted octanol–water partition coefficient (Wildman–Crippen LogP) is 2.02. The third-order valence-electron chi connectivity index (χ3n) is 3.66. The summed E-state index contributed by atoms with van der Waals surface area (Å²) in [7, 11) is 1.90. The topological polar surface area (TPSA) is 49.3 Å². The number of rotatable bonds is 4. The lowest BCUT2D eigenvalue weighted by molar-refractivity contribution is -0.139. The fourth-order valence-corrected chi connectivity index (χ4v) is 2.83. The molecule has 0 aliphatic heterocycles. The summed E-state index contributed by atoms with van der Waals surface area (Å²) in [5.74, 6) is -0.156. The molecule has 0 amide bonds. The molecule has 82 valence electrons. The van der Waals surface area contributed by atoms with Crippen LogP contribution in [0.25, 0.3) is 0 Å². The SMILES string of the molecule is CCC1CCCCC1(CC(=O)O)NC. The van der Waals surface area contributed by atoms with Crippen molar-refractivity contribution in [2.45, 2.75) is 51.0 Å². The first-order valence-corrected chi connectivity index (χ1v) is 5.55. The maximum absolute atomic E-state index is 10.9. The van der Waals surface area contributed by atoms with Crippen LogP contribution in [0.1, 0.15) is 45.4 Å². The van der Waals surface area contributed by atoms with Gasteiger partial charge in [-0.15, -0.1) is 0 Å². The van der Waals surface area contributed by atoms with Crippen molar-refractivity contribution in [3.05, 3.63) is 0 Å². The van der Waals surface area contributed by atoms with E-state index in [-0.39, 0.29) is 12.0 Å². The molecule has 0 spiro atoms. The van der Waals surface area contributed by atoms with Crippen molar-refractivity contribution in [1.82, 2.24) is 5.32 Å². The molecule has 0 aromatic rings. The zero-order valence-electron chi connectivity index (χ0n) is 9.18. The predicted molar refractivity (Wildman–Crippen MR) is 56.3 cm³/mol. The molecule has 1 aliphatic carbocycles. The Morgan fingerprint density at radius 2 is 2.29 bits per heavy atom. The summed E-state index contributed by atoms with van der Waals surface area (Å²) in [6.45, 7) is 2.16. The summed E-state index contributed by atoms with van der Waals surface area (Å²) in [6, 6.07) is 0. The van der Waals surface area contributed by atoms with Gasteiger partial charge >= 0.3 is 5.97 Å². The largest absolute Gasteiger partial charge is 0.481 e. The Kier molecular flexibility index (Phi) is 3.93. The first-order valence-electron chi connectivity index (χ1n) is 5.55. The minimum Gasteiger partial charge on any atom is -0.481 e. The van der Waals surface area contributed by atoms with E-state index in [4.69, 9.17) is 5.11 Å². The van der Waals surface area contributed by atoms with Crippen LogP contribution in [0, 0.1) is 5.92 Å². The van der Waals surface area contributed by atoms with Crippen molar-refractivity contribution < 1.29 is 9.90 Å². The summed E-state index contributed by atoms with van der Waals surface area (Å²) in [5, 5.41) is 12.2. The fourth-order valence-electron chi connectivity index (χ4n) is 2.83.